The van der Waals surface area contributed by atoms with Crippen molar-refractivity contribution in [3.63, 3.8) is 0 Å². The first-order valence-corrected chi connectivity index (χ1v) is 9.87. The van der Waals surface area contributed by atoms with Crippen LogP contribution in [0.4, 0.5) is 4.39 Å². The summed E-state index contributed by atoms with van der Waals surface area (Å²) in [6.07, 6.45) is 4.87. The van der Waals surface area contributed by atoms with E-state index in [0.29, 0.717) is 23.4 Å². The van der Waals surface area contributed by atoms with E-state index in [9.17, 15) is 14.0 Å². The number of likely N-dealkylation sites (N-methyl/N-ethyl adjacent to an activating group) is 1. The van der Waals surface area contributed by atoms with Gasteiger partial charge in [0.25, 0.3) is 5.91 Å². The number of hydrogen-bond acceptors (Lipinski definition) is 4. The normalized spacial score (nSPS) is 19.0. The van der Waals surface area contributed by atoms with E-state index in [0.717, 1.165) is 25.7 Å². The number of rotatable bonds is 6. The monoisotopic (exact) mass is 398 g/mol. The van der Waals surface area contributed by atoms with E-state index in [4.69, 9.17) is 0 Å². The first-order chi connectivity index (χ1) is 13.9. The molecule has 0 atom stereocenters. The Balaban J connectivity index is 1.49. The number of halogens is 1. The summed E-state index contributed by atoms with van der Waals surface area (Å²) in [6.45, 7) is 0.384. The summed E-state index contributed by atoms with van der Waals surface area (Å²) in [5, 5.41) is 6.10. The van der Waals surface area contributed by atoms with E-state index in [1.165, 1.54) is 18.3 Å². The molecule has 2 aromatic rings. The van der Waals surface area contributed by atoms with Gasteiger partial charge < -0.3 is 15.5 Å². The SMILES string of the molecule is CN(C)CC(=O)NC1CCC(NC(=O)c2ccc(-c3cccc(F)c3)nc2)CC1. The molecule has 1 saturated carbocycles. The molecule has 1 heterocycles. The van der Waals surface area contributed by atoms with Gasteiger partial charge in [-0.05, 0) is 64.0 Å². The third-order valence-electron chi connectivity index (χ3n) is 5.03. The molecule has 1 aromatic heterocycles. The fourth-order valence-electron chi connectivity index (χ4n) is 3.56. The number of aromatic nitrogens is 1. The molecule has 6 nitrogen and oxygen atoms in total. The minimum atomic E-state index is -0.320. The van der Waals surface area contributed by atoms with E-state index >= 15 is 0 Å². The predicted octanol–water partition coefficient (Wildman–Crippen LogP) is 2.61. The summed E-state index contributed by atoms with van der Waals surface area (Å²) in [5.74, 6) is -0.449. The zero-order chi connectivity index (χ0) is 20.8. The van der Waals surface area contributed by atoms with Crippen molar-refractivity contribution in [1.82, 2.24) is 20.5 Å². The van der Waals surface area contributed by atoms with Crippen molar-refractivity contribution in [1.29, 1.82) is 0 Å². The molecule has 3 rings (SSSR count). The zero-order valence-corrected chi connectivity index (χ0v) is 16.8. The van der Waals surface area contributed by atoms with Gasteiger partial charge in [-0.25, -0.2) is 4.39 Å². The lowest BCUT2D eigenvalue weighted by Gasteiger charge is -2.30. The number of amides is 2. The number of carbonyl (C=O) groups is 2. The van der Waals surface area contributed by atoms with Crippen molar-refractivity contribution in [2.75, 3.05) is 20.6 Å². The zero-order valence-electron chi connectivity index (χ0n) is 16.8. The molecule has 0 aliphatic heterocycles. The Labute approximate surface area is 170 Å². The van der Waals surface area contributed by atoms with Crippen molar-refractivity contribution in [3.8, 4) is 11.3 Å². The van der Waals surface area contributed by atoms with Gasteiger partial charge in [-0.15, -0.1) is 0 Å². The summed E-state index contributed by atoms with van der Waals surface area (Å²) in [4.78, 5) is 30.5. The van der Waals surface area contributed by atoms with Gasteiger partial charge in [0.05, 0.1) is 17.8 Å². The fraction of sp³-hybridized carbons (Fsp3) is 0.409. The minimum absolute atomic E-state index is 0.0342. The lowest BCUT2D eigenvalue weighted by atomic mass is 9.91. The average Bonchev–Trinajstić information content (AvgIpc) is 2.69. The molecule has 2 N–H and O–H groups in total. The van der Waals surface area contributed by atoms with Crippen molar-refractivity contribution < 1.29 is 14.0 Å². The summed E-state index contributed by atoms with van der Waals surface area (Å²) in [5.41, 5.74) is 1.77. The second-order valence-electron chi connectivity index (χ2n) is 7.77. The molecule has 1 aliphatic rings. The van der Waals surface area contributed by atoms with Crippen molar-refractivity contribution in [3.05, 3.63) is 54.0 Å². The lowest BCUT2D eigenvalue weighted by Crippen LogP contribution is -2.45. The van der Waals surface area contributed by atoms with E-state index in [-0.39, 0.29) is 29.7 Å². The molecular weight excluding hydrogens is 371 g/mol. The summed E-state index contributed by atoms with van der Waals surface area (Å²) < 4.78 is 13.4. The Morgan fingerprint density at radius 3 is 2.34 bits per heavy atom. The smallest absolute Gasteiger partial charge is 0.253 e. The number of pyridine rings is 1. The predicted molar refractivity (Wildman–Crippen MR) is 110 cm³/mol. The van der Waals surface area contributed by atoms with E-state index in [1.807, 2.05) is 19.0 Å². The van der Waals surface area contributed by atoms with Crippen LogP contribution in [0, 0.1) is 5.82 Å². The molecule has 7 heteroatoms. The molecular formula is C22H27FN4O2. The number of hydrogen-bond donors (Lipinski definition) is 2. The first kappa shape index (κ1) is 20.9. The highest BCUT2D eigenvalue weighted by Gasteiger charge is 2.24. The third-order valence-corrected chi connectivity index (χ3v) is 5.03. The van der Waals surface area contributed by atoms with Crippen LogP contribution in [0.1, 0.15) is 36.0 Å². The van der Waals surface area contributed by atoms with Crippen LogP contribution >= 0.6 is 0 Å². The van der Waals surface area contributed by atoms with E-state index < -0.39 is 0 Å². The van der Waals surface area contributed by atoms with E-state index in [1.54, 1.807) is 24.3 Å². The van der Waals surface area contributed by atoms with Crippen LogP contribution in [0.15, 0.2) is 42.6 Å². The van der Waals surface area contributed by atoms with Crippen molar-refractivity contribution >= 4 is 11.8 Å². The van der Waals surface area contributed by atoms with Crippen LogP contribution in [0.25, 0.3) is 11.3 Å². The summed E-state index contributed by atoms with van der Waals surface area (Å²) in [7, 11) is 3.73. The second kappa shape index (κ2) is 9.60. The minimum Gasteiger partial charge on any atom is -0.352 e. The maximum Gasteiger partial charge on any atom is 0.253 e. The Hall–Kier alpha value is -2.80. The quantitative estimate of drug-likeness (QED) is 0.785. The molecule has 0 bridgehead atoms. The second-order valence-corrected chi connectivity index (χ2v) is 7.77. The van der Waals surface area contributed by atoms with Gasteiger partial charge in [-0.2, -0.15) is 0 Å². The molecule has 1 aliphatic carbocycles. The van der Waals surface area contributed by atoms with Gasteiger partial charge in [0.2, 0.25) is 5.91 Å². The Morgan fingerprint density at radius 2 is 1.76 bits per heavy atom. The van der Waals surface area contributed by atoms with Crippen LogP contribution in [-0.4, -0.2) is 54.4 Å². The summed E-state index contributed by atoms with van der Waals surface area (Å²) >= 11 is 0. The van der Waals surface area contributed by atoms with Gasteiger partial charge >= 0.3 is 0 Å². The highest BCUT2D eigenvalue weighted by atomic mass is 19.1. The highest BCUT2D eigenvalue weighted by molar-refractivity contribution is 5.94. The summed E-state index contributed by atoms with van der Waals surface area (Å²) in [6, 6.07) is 9.89. The molecule has 0 spiro atoms. The van der Waals surface area contributed by atoms with Crippen LogP contribution in [-0.2, 0) is 4.79 Å². The van der Waals surface area contributed by atoms with Crippen LogP contribution in [0.5, 0.6) is 0 Å². The topological polar surface area (TPSA) is 74.3 Å². The third kappa shape index (κ3) is 6.09. The molecule has 0 unspecified atom stereocenters. The Kier molecular flexibility index (Phi) is 6.93. The molecule has 1 fully saturated rings. The van der Waals surface area contributed by atoms with Gasteiger partial charge in [0.15, 0.2) is 0 Å². The van der Waals surface area contributed by atoms with Crippen LogP contribution < -0.4 is 10.6 Å². The molecule has 0 saturated heterocycles. The molecule has 29 heavy (non-hydrogen) atoms. The van der Waals surface area contributed by atoms with Gasteiger partial charge in [-0.3, -0.25) is 14.6 Å². The average molecular weight is 398 g/mol. The molecule has 0 radical (unpaired) electrons. The molecule has 154 valence electrons. The largest absolute Gasteiger partial charge is 0.352 e. The van der Waals surface area contributed by atoms with Crippen molar-refractivity contribution in [2.45, 2.75) is 37.8 Å². The van der Waals surface area contributed by atoms with Crippen molar-refractivity contribution in [2.24, 2.45) is 0 Å². The number of nitrogens with zero attached hydrogens (tertiary/aromatic N) is 2. The maximum atomic E-state index is 13.4. The van der Waals surface area contributed by atoms with Crippen LogP contribution in [0.3, 0.4) is 0 Å². The lowest BCUT2D eigenvalue weighted by molar-refractivity contribution is -0.122. The Morgan fingerprint density at radius 1 is 1.07 bits per heavy atom. The van der Waals surface area contributed by atoms with E-state index in [2.05, 4.69) is 15.6 Å². The Bertz CT molecular complexity index is 846. The standard InChI is InChI=1S/C22H27FN4O2/c1-27(2)14-21(28)25-18-7-9-19(10-8-18)26-22(29)16-6-11-20(24-13-16)15-4-3-5-17(23)12-15/h3-6,11-13,18-19H,7-10,14H2,1-2H3,(H,25,28)(H,26,29). The van der Waals surface area contributed by atoms with Gasteiger partial charge in [0.1, 0.15) is 5.82 Å². The fourth-order valence-corrected chi connectivity index (χ4v) is 3.56. The van der Waals surface area contributed by atoms with Gasteiger partial charge in [0, 0.05) is 23.8 Å². The number of benzene rings is 1. The maximum absolute atomic E-state index is 13.4. The highest BCUT2D eigenvalue weighted by Crippen LogP contribution is 2.20. The molecule has 2 amide bonds. The first-order valence-electron chi connectivity index (χ1n) is 9.87. The van der Waals surface area contributed by atoms with Gasteiger partial charge in [-0.1, -0.05) is 12.1 Å². The molecule has 1 aromatic carbocycles. The number of nitrogens with one attached hydrogen (secondary N) is 2. The number of carbonyl (C=O) groups excluding carboxylic acids is 2. The van der Waals surface area contributed by atoms with Crippen LogP contribution in [0.2, 0.25) is 0 Å².